The summed E-state index contributed by atoms with van der Waals surface area (Å²) in [6, 6.07) is 15.0. The Bertz CT molecular complexity index is 953. The number of ether oxygens (including phenoxy) is 2. The fourth-order valence-corrected chi connectivity index (χ4v) is 4.57. The van der Waals surface area contributed by atoms with E-state index >= 15 is 0 Å². The van der Waals surface area contributed by atoms with Gasteiger partial charge in [-0.25, -0.2) is 0 Å². The molecule has 184 valence electrons. The van der Waals surface area contributed by atoms with Crippen LogP contribution in [0.25, 0.3) is 0 Å². The molecule has 0 unspecified atom stereocenters. The van der Waals surface area contributed by atoms with Gasteiger partial charge in [-0.1, -0.05) is 63.9 Å². The summed E-state index contributed by atoms with van der Waals surface area (Å²) in [5.74, 6) is 1.40. The first-order valence-electron chi connectivity index (χ1n) is 12.4. The van der Waals surface area contributed by atoms with Crippen molar-refractivity contribution in [2.45, 2.75) is 77.4 Å². The van der Waals surface area contributed by atoms with Gasteiger partial charge in [-0.05, 0) is 54.5 Å². The minimum atomic E-state index is -0.566. The zero-order valence-electron chi connectivity index (χ0n) is 20.9. The number of hydrogen-bond acceptors (Lipinski definition) is 4. The van der Waals surface area contributed by atoms with Crippen molar-refractivity contribution in [1.29, 1.82) is 0 Å². The second kappa shape index (κ2) is 12.4. The summed E-state index contributed by atoms with van der Waals surface area (Å²) in [6.07, 6.45) is 4.80. The SMILES string of the molecule is CC[C@@H](C(=O)NC1CCCC1)N(Cc1cccc(OC)c1)C(=O)COc1ccccc1C(C)C. The van der Waals surface area contributed by atoms with Gasteiger partial charge in [0, 0.05) is 12.6 Å². The molecule has 1 saturated carbocycles. The van der Waals surface area contributed by atoms with E-state index in [-0.39, 0.29) is 30.4 Å². The quantitative estimate of drug-likeness (QED) is 0.502. The van der Waals surface area contributed by atoms with Crippen LogP contribution in [0.5, 0.6) is 11.5 Å². The second-order valence-electron chi connectivity index (χ2n) is 9.27. The summed E-state index contributed by atoms with van der Waals surface area (Å²) in [6.45, 7) is 6.32. The van der Waals surface area contributed by atoms with Crippen molar-refractivity contribution >= 4 is 11.8 Å². The minimum Gasteiger partial charge on any atom is -0.497 e. The number of nitrogens with zero attached hydrogens (tertiary/aromatic N) is 1. The van der Waals surface area contributed by atoms with E-state index in [1.54, 1.807) is 12.0 Å². The molecule has 1 aliphatic rings. The van der Waals surface area contributed by atoms with Gasteiger partial charge < -0.3 is 19.7 Å². The number of nitrogens with one attached hydrogen (secondary N) is 1. The van der Waals surface area contributed by atoms with Gasteiger partial charge in [0.25, 0.3) is 5.91 Å². The van der Waals surface area contributed by atoms with Crippen LogP contribution in [0.4, 0.5) is 0 Å². The molecule has 1 fully saturated rings. The Kier molecular flexibility index (Phi) is 9.37. The predicted octanol–water partition coefficient (Wildman–Crippen LogP) is 5.06. The van der Waals surface area contributed by atoms with Crippen molar-refractivity contribution in [3.63, 3.8) is 0 Å². The summed E-state index contributed by atoms with van der Waals surface area (Å²) in [5, 5.41) is 3.17. The van der Waals surface area contributed by atoms with E-state index in [1.807, 2.05) is 55.5 Å². The summed E-state index contributed by atoms with van der Waals surface area (Å²) in [4.78, 5) is 28.4. The molecule has 0 aromatic heterocycles. The number of rotatable bonds is 11. The fraction of sp³-hybridized carbons (Fsp3) is 0.500. The van der Waals surface area contributed by atoms with E-state index in [2.05, 4.69) is 19.2 Å². The number of benzene rings is 2. The van der Waals surface area contributed by atoms with Crippen LogP contribution in [0.2, 0.25) is 0 Å². The van der Waals surface area contributed by atoms with Gasteiger partial charge in [0.2, 0.25) is 5.91 Å². The van der Waals surface area contributed by atoms with E-state index in [9.17, 15) is 9.59 Å². The maximum absolute atomic E-state index is 13.5. The average molecular weight is 467 g/mol. The third-order valence-corrected chi connectivity index (χ3v) is 6.47. The standard InChI is InChI=1S/C28H38N2O4/c1-5-25(28(32)29-22-12-6-7-13-22)30(18-21-11-10-14-23(17-21)33-4)27(31)19-34-26-16-9-8-15-24(26)20(2)3/h8-11,14-17,20,22,25H,5-7,12-13,18-19H2,1-4H3,(H,29,32)/t25-/m0/s1. The highest BCUT2D eigenvalue weighted by atomic mass is 16.5. The van der Waals surface area contributed by atoms with Crippen molar-refractivity contribution in [3.8, 4) is 11.5 Å². The van der Waals surface area contributed by atoms with Crippen LogP contribution in [0.15, 0.2) is 48.5 Å². The van der Waals surface area contributed by atoms with Crippen molar-refractivity contribution in [1.82, 2.24) is 10.2 Å². The highest BCUT2D eigenvalue weighted by Crippen LogP contribution is 2.26. The number of para-hydroxylation sites is 1. The van der Waals surface area contributed by atoms with Crippen molar-refractivity contribution in [2.24, 2.45) is 0 Å². The topological polar surface area (TPSA) is 67.9 Å². The lowest BCUT2D eigenvalue weighted by atomic mass is 10.0. The Morgan fingerprint density at radius 1 is 1.09 bits per heavy atom. The summed E-state index contributed by atoms with van der Waals surface area (Å²) in [7, 11) is 1.62. The monoisotopic (exact) mass is 466 g/mol. The Morgan fingerprint density at radius 2 is 1.82 bits per heavy atom. The van der Waals surface area contributed by atoms with E-state index < -0.39 is 6.04 Å². The summed E-state index contributed by atoms with van der Waals surface area (Å²) < 4.78 is 11.3. The first kappa shape index (κ1) is 25.6. The molecule has 3 rings (SSSR count). The molecular formula is C28H38N2O4. The lowest BCUT2D eigenvalue weighted by molar-refractivity contribution is -0.143. The van der Waals surface area contributed by atoms with Gasteiger partial charge in [0.05, 0.1) is 7.11 Å². The smallest absolute Gasteiger partial charge is 0.261 e. The third kappa shape index (κ3) is 6.75. The zero-order chi connectivity index (χ0) is 24.5. The number of carbonyl (C=O) groups is 2. The number of carbonyl (C=O) groups excluding carboxylic acids is 2. The predicted molar refractivity (Wildman–Crippen MR) is 134 cm³/mol. The van der Waals surface area contributed by atoms with E-state index in [0.29, 0.717) is 18.7 Å². The average Bonchev–Trinajstić information content (AvgIpc) is 3.35. The molecule has 1 atom stereocenters. The van der Waals surface area contributed by atoms with Gasteiger partial charge in [-0.15, -0.1) is 0 Å². The highest BCUT2D eigenvalue weighted by molar-refractivity contribution is 5.88. The van der Waals surface area contributed by atoms with Crippen LogP contribution in [-0.2, 0) is 16.1 Å². The molecule has 1 N–H and O–H groups in total. The first-order chi connectivity index (χ1) is 16.4. The van der Waals surface area contributed by atoms with Gasteiger partial charge in [0.15, 0.2) is 6.61 Å². The molecule has 0 spiro atoms. The normalized spacial score (nSPS) is 14.6. The Balaban J connectivity index is 1.80. The molecule has 2 amide bonds. The lowest BCUT2D eigenvalue weighted by Gasteiger charge is -2.31. The fourth-order valence-electron chi connectivity index (χ4n) is 4.57. The molecule has 0 bridgehead atoms. The molecule has 0 aliphatic heterocycles. The maximum Gasteiger partial charge on any atom is 0.261 e. The van der Waals surface area contributed by atoms with Crippen molar-refractivity contribution in [3.05, 3.63) is 59.7 Å². The van der Waals surface area contributed by atoms with Crippen LogP contribution in [0, 0.1) is 0 Å². The van der Waals surface area contributed by atoms with Crippen molar-refractivity contribution in [2.75, 3.05) is 13.7 Å². The molecular weight excluding hydrogens is 428 g/mol. The van der Waals surface area contributed by atoms with Crippen LogP contribution >= 0.6 is 0 Å². The number of amides is 2. The largest absolute Gasteiger partial charge is 0.497 e. The molecule has 2 aromatic rings. The van der Waals surface area contributed by atoms with E-state index in [1.165, 1.54) is 0 Å². The highest BCUT2D eigenvalue weighted by Gasteiger charge is 2.31. The molecule has 34 heavy (non-hydrogen) atoms. The first-order valence-corrected chi connectivity index (χ1v) is 12.4. The van der Waals surface area contributed by atoms with Gasteiger partial charge in [0.1, 0.15) is 17.5 Å². The molecule has 0 saturated heterocycles. The number of hydrogen-bond donors (Lipinski definition) is 1. The van der Waals surface area contributed by atoms with Crippen LogP contribution in [0.1, 0.15) is 69.9 Å². The van der Waals surface area contributed by atoms with E-state index in [4.69, 9.17) is 9.47 Å². The van der Waals surface area contributed by atoms with E-state index in [0.717, 1.165) is 42.6 Å². The van der Waals surface area contributed by atoms with Crippen LogP contribution in [-0.4, -0.2) is 42.5 Å². The summed E-state index contributed by atoms with van der Waals surface area (Å²) >= 11 is 0. The molecule has 6 nitrogen and oxygen atoms in total. The van der Waals surface area contributed by atoms with Crippen molar-refractivity contribution < 1.29 is 19.1 Å². The van der Waals surface area contributed by atoms with Crippen LogP contribution in [0.3, 0.4) is 0 Å². The molecule has 0 radical (unpaired) electrons. The van der Waals surface area contributed by atoms with Gasteiger partial charge >= 0.3 is 0 Å². The second-order valence-corrected chi connectivity index (χ2v) is 9.27. The molecule has 0 heterocycles. The van der Waals surface area contributed by atoms with Crippen LogP contribution < -0.4 is 14.8 Å². The lowest BCUT2D eigenvalue weighted by Crippen LogP contribution is -2.52. The molecule has 2 aromatic carbocycles. The third-order valence-electron chi connectivity index (χ3n) is 6.47. The maximum atomic E-state index is 13.5. The van der Waals surface area contributed by atoms with Gasteiger partial charge in [-0.3, -0.25) is 9.59 Å². The Hall–Kier alpha value is -3.02. The molecule has 6 heteroatoms. The minimum absolute atomic E-state index is 0.0896. The Labute approximate surface area is 203 Å². The summed E-state index contributed by atoms with van der Waals surface area (Å²) in [5.41, 5.74) is 1.96. The number of methoxy groups -OCH3 is 1. The zero-order valence-corrected chi connectivity index (χ0v) is 20.9. The molecule has 1 aliphatic carbocycles. The Morgan fingerprint density at radius 3 is 2.50 bits per heavy atom. The van der Waals surface area contributed by atoms with Gasteiger partial charge in [-0.2, -0.15) is 0 Å².